The van der Waals surface area contributed by atoms with Gasteiger partial charge in [0.05, 0.1) is 0 Å². The molecule has 3 rings (SSSR count). The molecule has 1 saturated carbocycles. The van der Waals surface area contributed by atoms with Crippen molar-refractivity contribution < 1.29 is 4.84 Å². The summed E-state index contributed by atoms with van der Waals surface area (Å²) >= 11 is 1.94. The van der Waals surface area contributed by atoms with Crippen molar-refractivity contribution >= 4 is 17.6 Å². The van der Waals surface area contributed by atoms with Crippen LogP contribution in [0.1, 0.15) is 31.2 Å². The largest absolute Gasteiger partial charge is 0.265 e. The van der Waals surface area contributed by atoms with Gasteiger partial charge in [-0.15, -0.1) is 0 Å². The summed E-state index contributed by atoms with van der Waals surface area (Å²) in [4.78, 5) is 14.6. The Kier molecular flexibility index (Phi) is 3.75. The highest BCUT2D eigenvalue weighted by atomic mass is 32.2. The van der Waals surface area contributed by atoms with E-state index in [1.807, 2.05) is 23.9 Å². The van der Waals surface area contributed by atoms with E-state index in [0.717, 1.165) is 30.2 Å². The molecule has 5 heteroatoms. The first kappa shape index (κ1) is 12.9. The molecule has 0 amide bonds. The van der Waals surface area contributed by atoms with Crippen LogP contribution in [0.3, 0.4) is 0 Å². The van der Waals surface area contributed by atoms with Crippen LogP contribution in [-0.4, -0.2) is 28.6 Å². The third-order valence-corrected chi connectivity index (χ3v) is 4.70. The molecule has 1 aromatic heterocycles. The Morgan fingerprint density at radius 2 is 2.11 bits per heavy atom. The van der Waals surface area contributed by atoms with Crippen molar-refractivity contribution in [2.24, 2.45) is 10.9 Å². The molecular formula is C14H19N3OS. The van der Waals surface area contributed by atoms with Crippen LogP contribution in [-0.2, 0) is 4.84 Å². The minimum absolute atomic E-state index is 0.326. The Morgan fingerprint density at radius 3 is 2.79 bits per heavy atom. The van der Waals surface area contributed by atoms with E-state index >= 15 is 0 Å². The fourth-order valence-corrected chi connectivity index (χ4v) is 3.58. The molecule has 1 N–H and O–H groups in total. The molecule has 102 valence electrons. The second-order valence-electron chi connectivity index (χ2n) is 5.25. The van der Waals surface area contributed by atoms with Crippen molar-refractivity contribution in [1.82, 2.24) is 10.5 Å². The van der Waals surface area contributed by atoms with Crippen LogP contribution in [0.15, 0.2) is 29.5 Å². The highest BCUT2D eigenvalue weighted by Crippen LogP contribution is 2.38. The third-order valence-electron chi connectivity index (χ3n) is 3.90. The van der Waals surface area contributed by atoms with E-state index in [1.54, 1.807) is 12.4 Å². The topological polar surface area (TPSA) is 46.5 Å². The Labute approximate surface area is 118 Å². The molecule has 1 fully saturated rings. The highest BCUT2D eigenvalue weighted by Gasteiger charge is 2.40. The number of aliphatic imine (C=N–C) groups is 1. The number of rotatable bonds is 3. The van der Waals surface area contributed by atoms with Crippen molar-refractivity contribution in [1.29, 1.82) is 0 Å². The van der Waals surface area contributed by atoms with Gasteiger partial charge in [0.15, 0.2) is 11.6 Å². The van der Waals surface area contributed by atoms with Gasteiger partial charge in [-0.2, -0.15) is 11.8 Å². The fourth-order valence-electron chi connectivity index (χ4n) is 2.77. The lowest BCUT2D eigenvalue weighted by Gasteiger charge is -2.32. The zero-order valence-electron chi connectivity index (χ0n) is 11.1. The summed E-state index contributed by atoms with van der Waals surface area (Å²) in [6, 6.07) is 3.90. The standard InChI is InChI=1S/C14H19N3OS/c1-19-10-11-2-6-14(7-3-11)16-13(17-18-14)12-4-8-15-9-5-12/h4-5,8-9,11H,2-3,6-7,10H2,1H3,(H,16,17). The second-order valence-corrected chi connectivity index (χ2v) is 6.16. The normalized spacial score (nSPS) is 30.2. The Bertz CT molecular complexity index is 455. The van der Waals surface area contributed by atoms with Crippen LogP contribution in [0.25, 0.3) is 0 Å². The van der Waals surface area contributed by atoms with Gasteiger partial charge >= 0.3 is 0 Å². The number of nitrogens with zero attached hydrogens (tertiary/aromatic N) is 2. The predicted molar refractivity (Wildman–Crippen MR) is 78.1 cm³/mol. The van der Waals surface area contributed by atoms with Crippen LogP contribution in [0.5, 0.6) is 0 Å². The molecule has 0 aromatic carbocycles. The molecule has 0 radical (unpaired) electrons. The molecule has 0 saturated heterocycles. The first-order valence-electron chi connectivity index (χ1n) is 6.74. The van der Waals surface area contributed by atoms with Gasteiger partial charge < -0.3 is 0 Å². The molecule has 1 aromatic rings. The summed E-state index contributed by atoms with van der Waals surface area (Å²) in [6.45, 7) is 0. The van der Waals surface area contributed by atoms with Crippen molar-refractivity contribution in [3.63, 3.8) is 0 Å². The molecule has 1 spiro atoms. The van der Waals surface area contributed by atoms with E-state index in [2.05, 4.69) is 16.7 Å². The summed E-state index contributed by atoms with van der Waals surface area (Å²) in [5, 5.41) is 0. The van der Waals surface area contributed by atoms with Gasteiger partial charge in [-0.1, -0.05) is 0 Å². The molecule has 0 bridgehead atoms. The average Bonchev–Trinajstić information content (AvgIpc) is 2.87. The van der Waals surface area contributed by atoms with Gasteiger partial charge in [0, 0.05) is 18.0 Å². The van der Waals surface area contributed by atoms with Crippen LogP contribution < -0.4 is 5.48 Å². The Balaban J connectivity index is 1.70. The van der Waals surface area contributed by atoms with Crippen molar-refractivity contribution in [3.05, 3.63) is 30.1 Å². The number of pyridine rings is 1. The van der Waals surface area contributed by atoms with Crippen molar-refractivity contribution in [2.75, 3.05) is 12.0 Å². The lowest BCUT2D eigenvalue weighted by atomic mass is 9.85. The molecular weight excluding hydrogens is 258 g/mol. The zero-order valence-corrected chi connectivity index (χ0v) is 11.9. The van der Waals surface area contributed by atoms with Gasteiger partial charge in [0.1, 0.15) is 0 Å². The Morgan fingerprint density at radius 1 is 1.37 bits per heavy atom. The van der Waals surface area contributed by atoms with E-state index < -0.39 is 0 Å². The van der Waals surface area contributed by atoms with E-state index in [-0.39, 0.29) is 5.72 Å². The summed E-state index contributed by atoms with van der Waals surface area (Å²) < 4.78 is 0. The van der Waals surface area contributed by atoms with Gasteiger partial charge in [0.25, 0.3) is 0 Å². The lowest BCUT2D eigenvalue weighted by molar-refractivity contribution is -0.0823. The van der Waals surface area contributed by atoms with Crippen LogP contribution in [0, 0.1) is 5.92 Å². The molecule has 1 aliphatic heterocycles. The summed E-state index contributed by atoms with van der Waals surface area (Å²) in [7, 11) is 0. The van der Waals surface area contributed by atoms with Crippen molar-refractivity contribution in [3.8, 4) is 0 Å². The number of hydrogen-bond donors (Lipinski definition) is 1. The number of thioether (sulfide) groups is 1. The molecule has 2 heterocycles. The molecule has 0 atom stereocenters. The van der Waals surface area contributed by atoms with Crippen LogP contribution >= 0.6 is 11.8 Å². The third kappa shape index (κ3) is 2.77. The summed E-state index contributed by atoms with van der Waals surface area (Å²) in [6.07, 6.45) is 10.2. The number of hydrogen-bond acceptors (Lipinski definition) is 5. The van der Waals surface area contributed by atoms with E-state index in [9.17, 15) is 0 Å². The first-order valence-corrected chi connectivity index (χ1v) is 8.14. The fraction of sp³-hybridized carbons (Fsp3) is 0.571. The molecule has 1 aliphatic carbocycles. The maximum absolute atomic E-state index is 5.79. The van der Waals surface area contributed by atoms with Gasteiger partial charge in [-0.05, 0) is 55.7 Å². The summed E-state index contributed by atoms with van der Waals surface area (Å²) in [5.74, 6) is 2.92. The van der Waals surface area contributed by atoms with Crippen LogP contribution in [0.2, 0.25) is 0 Å². The highest BCUT2D eigenvalue weighted by molar-refractivity contribution is 7.98. The first-order chi connectivity index (χ1) is 9.31. The minimum atomic E-state index is -0.326. The molecule has 4 nitrogen and oxygen atoms in total. The smallest absolute Gasteiger partial charge is 0.187 e. The van der Waals surface area contributed by atoms with Gasteiger partial charge in [-0.25, -0.2) is 15.3 Å². The zero-order chi connectivity index (χ0) is 13.1. The SMILES string of the molecule is CSCC1CCC2(CC1)N=C(c1ccncc1)NO2. The Hall–Kier alpha value is -1.07. The minimum Gasteiger partial charge on any atom is -0.265 e. The van der Waals surface area contributed by atoms with Crippen molar-refractivity contribution in [2.45, 2.75) is 31.4 Å². The van der Waals surface area contributed by atoms with Gasteiger partial charge in [-0.3, -0.25) is 4.98 Å². The maximum Gasteiger partial charge on any atom is 0.187 e. The number of hydroxylamine groups is 1. The predicted octanol–water partition coefficient (Wildman–Crippen LogP) is 2.61. The quantitative estimate of drug-likeness (QED) is 0.922. The van der Waals surface area contributed by atoms with Crippen LogP contribution in [0.4, 0.5) is 0 Å². The number of aromatic nitrogens is 1. The van der Waals surface area contributed by atoms with Gasteiger partial charge in [0.2, 0.25) is 0 Å². The molecule has 0 unspecified atom stereocenters. The molecule has 2 aliphatic rings. The number of nitrogens with one attached hydrogen (secondary N) is 1. The van der Waals surface area contributed by atoms with E-state index in [4.69, 9.17) is 9.83 Å². The number of amidine groups is 1. The molecule has 19 heavy (non-hydrogen) atoms. The van der Waals surface area contributed by atoms with E-state index in [0.29, 0.717) is 0 Å². The average molecular weight is 277 g/mol. The van der Waals surface area contributed by atoms with E-state index in [1.165, 1.54) is 18.6 Å². The second kappa shape index (κ2) is 5.51. The monoisotopic (exact) mass is 277 g/mol. The lowest BCUT2D eigenvalue weighted by Crippen LogP contribution is -2.35. The summed E-state index contributed by atoms with van der Waals surface area (Å²) in [5.41, 5.74) is 3.71. The maximum atomic E-state index is 5.79.